The molecule has 0 aliphatic heterocycles. The highest BCUT2D eigenvalue weighted by atomic mass is 14.9. The Balaban J connectivity index is 1.51. The third kappa shape index (κ3) is 4.18. The Hall–Kier alpha value is -3.52. The Bertz CT molecular complexity index is 1010. The zero-order valence-electron chi connectivity index (χ0n) is 15.3. The van der Waals surface area contributed by atoms with Crippen LogP contribution in [0.25, 0.3) is 11.1 Å². The molecule has 0 heterocycles. The molecule has 0 unspecified atom stereocenters. The molecule has 2 N–H and O–H groups in total. The maximum absolute atomic E-state index is 3.45. The zero-order valence-corrected chi connectivity index (χ0v) is 15.3. The summed E-state index contributed by atoms with van der Waals surface area (Å²) in [5.74, 6) is 0. The van der Waals surface area contributed by atoms with Gasteiger partial charge in [-0.15, -0.1) is 0 Å². The van der Waals surface area contributed by atoms with Crippen LogP contribution in [0, 0.1) is 6.92 Å². The number of benzene rings is 4. The highest BCUT2D eigenvalue weighted by Gasteiger charge is 2.04. The second-order valence-corrected chi connectivity index (χ2v) is 6.59. The van der Waals surface area contributed by atoms with Gasteiger partial charge in [0.1, 0.15) is 0 Å². The topological polar surface area (TPSA) is 24.1 Å². The van der Waals surface area contributed by atoms with Gasteiger partial charge in [-0.3, -0.25) is 0 Å². The zero-order chi connectivity index (χ0) is 18.5. The van der Waals surface area contributed by atoms with Crippen LogP contribution >= 0.6 is 0 Å². The van der Waals surface area contributed by atoms with Crippen molar-refractivity contribution >= 4 is 22.7 Å². The van der Waals surface area contributed by atoms with Gasteiger partial charge < -0.3 is 10.6 Å². The fraction of sp³-hybridized carbons (Fsp3) is 0.0400. The predicted octanol–water partition coefficient (Wildman–Crippen LogP) is 7.15. The molecule has 4 rings (SSSR count). The van der Waals surface area contributed by atoms with E-state index >= 15 is 0 Å². The van der Waals surface area contributed by atoms with Gasteiger partial charge in [0, 0.05) is 22.7 Å². The highest BCUT2D eigenvalue weighted by molar-refractivity contribution is 5.73. The van der Waals surface area contributed by atoms with Crippen LogP contribution in [0.2, 0.25) is 0 Å². The molecule has 0 spiro atoms. The predicted molar refractivity (Wildman–Crippen MR) is 116 cm³/mol. The average molecular weight is 350 g/mol. The minimum atomic E-state index is 1.09. The third-order valence-electron chi connectivity index (χ3n) is 4.55. The molecule has 0 saturated heterocycles. The maximum atomic E-state index is 3.45. The van der Waals surface area contributed by atoms with Crippen molar-refractivity contribution in [1.29, 1.82) is 0 Å². The molecule has 2 heteroatoms. The number of aryl methyl sites for hydroxylation is 1. The van der Waals surface area contributed by atoms with E-state index in [0.29, 0.717) is 0 Å². The van der Waals surface area contributed by atoms with Crippen molar-refractivity contribution in [3.05, 3.63) is 109 Å². The van der Waals surface area contributed by atoms with Crippen LogP contribution in [-0.2, 0) is 0 Å². The summed E-state index contributed by atoms with van der Waals surface area (Å²) < 4.78 is 0. The van der Waals surface area contributed by atoms with Crippen molar-refractivity contribution in [1.82, 2.24) is 0 Å². The molecule has 132 valence electrons. The first kappa shape index (κ1) is 16.9. The fourth-order valence-corrected chi connectivity index (χ4v) is 3.17. The maximum Gasteiger partial charge on any atom is 0.0387 e. The Labute approximate surface area is 160 Å². The minimum absolute atomic E-state index is 1.09. The SMILES string of the molecule is Cc1cc(Nc2ccccc2)ccc1-c1ccc(Nc2ccccc2)cc1. The molecule has 0 aromatic heterocycles. The first-order chi connectivity index (χ1) is 13.3. The Kier molecular flexibility index (Phi) is 4.88. The summed E-state index contributed by atoms with van der Waals surface area (Å²) >= 11 is 0. The molecule has 0 atom stereocenters. The lowest BCUT2D eigenvalue weighted by atomic mass is 9.99. The molecule has 4 aromatic rings. The Morgan fingerprint density at radius 1 is 0.481 bits per heavy atom. The fourth-order valence-electron chi connectivity index (χ4n) is 3.17. The summed E-state index contributed by atoms with van der Waals surface area (Å²) in [4.78, 5) is 0. The molecule has 2 nitrogen and oxygen atoms in total. The van der Waals surface area contributed by atoms with Crippen LogP contribution in [0.5, 0.6) is 0 Å². The van der Waals surface area contributed by atoms with Gasteiger partial charge in [0.25, 0.3) is 0 Å². The van der Waals surface area contributed by atoms with Crippen molar-refractivity contribution in [3.63, 3.8) is 0 Å². The number of nitrogens with one attached hydrogen (secondary N) is 2. The summed E-state index contributed by atoms with van der Waals surface area (Å²) in [5.41, 5.74) is 8.10. The number of hydrogen-bond acceptors (Lipinski definition) is 2. The molecule has 27 heavy (non-hydrogen) atoms. The lowest BCUT2D eigenvalue weighted by molar-refractivity contribution is 1.44. The van der Waals surface area contributed by atoms with Crippen molar-refractivity contribution in [2.45, 2.75) is 6.92 Å². The molecule has 4 aromatic carbocycles. The van der Waals surface area contributed by atoms with Gasteiger partial charge in [0.15, 0.2) is 0 Å². The largest absolute Gasteiger partial charge is 0.356 e. The molecule has 0 radical (unpaired) electrons. The Morgan fingerprint density at radius 2 is 0.963 bits per heavy atom. The third-order valence-corrected chi connectivity index (χ3v) is 4.55. The molecule has 0 aliphatic rings. The van der Waals surface area contributed by atoms with E-state index in [4.69, 9.17) is 0 Å². The first-order valence-corrected chi connectivity index (χ1v) is 9.13. The summed E-state index contributed by atoms with van der Waals surface area (Å²) in [5, 5.41) is 6.87. The first-order valence-electron chi connectivity index (χ1n) is 9.13. The highest BCUT2D eigenvalue weighted by Crippen LogP contribution is 2.29. The normalized spacial score (nSPS) is 10.4. The van der Waals surface area contributed by atoms with Crippen molar-refractivity contribution in [2.75, 3.05) is 10.6 Å². The monoisotopic (exact) mass is 350 g/mol. The molecule has 0 fully saturated rings. The van der Waals surface area contributed by atoms with Crippen LogP contribution in [0.3, 0.4) is 0 Å². The van der Waals surface area contributed by atoms with Crippen molar-refractivity contribution in [3.8, 4) is 11.1 Å². The quantitative estimate of drug-likeness (QED) is 0.399. The lowest BCUT2D eigenvalue weighted by Gasteiger charge is -2.12. The molecule has 0 bridgehead atoms. The minimum Gasteiger partial charge on any atom is -0.356 e. The van der Waals surface area contributed by atoms with E-state index in [1.165, 1.54) is 16.7 Å². The van der Waals surface area contributed by atoms with Crippen molar-refractivity contribution in [2.24, 2.45) is 0 Å². The van der Waals surface area contributed by atoms with Crippen LogP contribution in [-0.4, -0.2) is 0 Å². The molecular formula is C25H22N2. The van der Waals surface area contributed by atoms with E-state index in [-0.39, 0.29) is 0 Å². The van der Waals surface area contributed by atoms with Gasteiger partial charge >= 0.3 is 0 Å². The number of rotatable bonds is 5. The van der Waals surface area contributed by atoms with Gasteiger partial charge in [0.05, 0.1) is 0 Å². The van der Waals surface area contributed by atoms with Crippen LogP contribution in [0.1, 0.15) is 5.56 Å². The summed E-state index contributed by atoms with van der Waals surface area (Å²) in [6.07, 6.45) is 0. The molecule has 0 saturated carbocycles. The number of hydrogen-bond donors (Lipinski definition) is 2. The summed E-state index contributed by atoms with van der Waals surface area (Å²) in [6, 6.07) is 35.5. The average Bonchev–Trinajstić information content (AvgIpc) is 2.71. The van der Waals surface area contributed by atoms with E-state index in [0.717, 1.165) is 22.7 Å². The van der Waals surface area contributed by atoms with Crippen LogP contribution in [0.4, 0.5) is 22.7 Å². The molecule has 0 aliphatic carbocycles. The smallest absolute Gasteiger partial charge is 0.0387 e. The van der Waals surface area contributed by atoms with E-state index in [2.05, 4.69) is 84.3 Å². The molecular weight excluding hydrogens is 328 g/mol. The van der Waals surface area contributed by atoms with Gasteiger partial charge in [-0.2, -0.15) is 0 Å². The number of anilines is 4. The standard InChI is InChI=1S/C25H22N2/c1-19-18-24(27-22-10-6-3-7-11-22)16-17-25(19)20-12-14-23(15-13-20)26-21-8-4-2-5-9-21/h2-18,26-27H,1H3. The number of para-hydroxylation sites is 2. The summed E-state index contributed by atoms with van der Waals surface area (Å²) in [6.45, 7) is 2.15. The van der Waals surface area contributed by atoms with Gasteiger partial charge in [-0.1, -0.05) is 54.6 Å². The van der Waals surface area contributed by atoms with Crippen LogP contribution in [0.15, 0.2) is 103 Å². The van der Waals surface area contributed by atoms with Gasteiger partial charge in [0.2, 0.25) is 0 Å². The second kappa shape index (κ2) is 7.79. The Morgan fingerprint density at radius 3 is 1.52 bits per heavy atom. The summed E-state index contributed by atoms with van der Waals surface area (Å²) in [7, 11) is 0. The van der Waals surface area contributed by atoms with Crippen LogP contribution < -0.4 is 10.6 Å². The van der Waals surface area contributed by atoms with Crippen molar-refractivity contribution < 1.29 is 0 Å². The van der Waals surface area contributed by atoms with Gasteiger partial charge in [-0.05, 0) is 72.1 Å². The molecule has 0 amide bonds. The van der Waals surface area contributed by atoms with E-state index < -0.39 is 0 Å². The second-order valence-electron chi connectivity index (χ2n) is 6.59. The van der Waals surface area contributed by atoms with E-state index in [1.54, 1.807) is 0 Å². The van der Waals surface area contributed by atoms with Gasteiger partial charge in [-0.25, -0.2) is 0 Å². The van der Waals surface area contributed by atoms with E-state index in [9.17, 15) is 0 Å². The lowest BCUT2D eigenvalue weighted by Crippen LogP contribution is -1.92. The van der Waals surface area contributed by atoms with E-state index in [1.807, 2.05) is 36.4 Å².